The van der Waals surface area contributed by atoms with Crippen molar-refractivity contribution in [3.8, 4) is 0 Å². The molecule has 6 heteroatoms. The minimum atomic E-state index is -0.817. The number of nitrogens with one attached hydrogen (secondary N) is 2. The van der Waals surface area contributed by atoms with E-state index >= 15 is 0 Å². The van der Waals surface area contributed by atoms with Gasteiger partial charge in [-0.25, -0.2) is 5.84 Å². The topological polar surface area (TPSA) is 131 Å². The Morgan fingerprint density at radius 2 is 2.20 bits per heavy atom. The maximum absolute atomic E-state index is 10.5. The normalized spacial score (nSPS) is 12.2. The molecule has 0 fully saturated rings. The van der Waals surface area contributed by atoms with Gasteiger partial charge < -0.3 is 11.5 Å². The zero-order valence-electron chi connectivity index (χ0n) is 5.42. The van der Waals surface area contributed by atoms with Gasteiger partial charge in [0.2, 0.25) is 0 Å². The molecule has 8 N–H and O–H groups in total. The second-order valence-corrected chi connectivity index (χ2v) is 1.84. The number of nitrogens with two attached hydrogens (primary N) is 3. The molecule has 0 spiro atoms. The third-order valence-corrected chi connectivity index (χ3v) is 0.919. The summed E-state index contributed by atoms with van der Waals surface area (Å²) < 4.78 is 0. The van der Waals surface area contributed by atoms with Crippen LogP contribution in [-0.2, 0) is 4.79 Å². The molecule has 0 aromatic rings. The van der Waals surface area contributed by atoms with Crippen LogP contribution in [0.5, 0.6) is 0 Å². The Kier molecular flexibility index (Phi) is 3.37. The summed E-state index contributed by atoms with van der Waals surface area (Å²) in [6, 6.07) is -0.817. The quantitative estimate of drug-likeness (QED) is 0.0998. The summed E-state index contributed by atoms with van der Waals surface area (Å²) in [7, 11) is 0. The van der Waals surface area contributed by atoms with E-state index in [9.17, 15) is 4.79 Å². The number of carbonyl (C=O) groups excluding carboxylic acids is 1. The standard InChI is InChI=1S/C4H11N5O/c5-2(1-3(6)7)4(10)9-8/h2H,1,5,8H2,(H3,6,7)(H,9,10). The van der Waals surface area contributed by atoms with Gasteiger partial charge in [-0.1, -0.05) is 0 Å². The van der Waals surface area contributed by atoms with Crippen LogP contribution in [0.2, 0.25) is 0 Å². The van der Waals surface area contributed by atoms with Crippen molar-refractivity contribution in [1.82, 2.24) is 5.43 Å². The molecule has 6 nitrogen and oxygen atoms in total. The number of hydrogen-bond donors (Lipinski definition) is 5. The lowest BCUT2D eigenvalue weighted by molar-refractivity contribution is -0.122. The summed E-state index contributed by atoms with van der Waals surface area (Å²) in [5.74, 6) is 4.11. The second-order valence-electron chi connectivity index (χ2n) is 1.84. The number of amidine groups is 1. The molecule has 58 valence electrons. The summed E-state index contributed by atoms with van der Waals surface area (Å²) in [5, 5.41) is 6.77. The van der Waals surface area contributed by atoms with Crippen LogP contribution in [0.15, 0.2) is 0 Å². The molecule has 0 aromatic heterocycles. The molecule has 10 heavy (non-hydrogen) atoms. The van der Waals surface area contributed by atoms with E-state index in [1.54, 1.807) is 0 Å². The van der Waals surface area contributed by atoms with Crippen molar-refractivity contribution in [3.63, 3.8) is 0 Å². The highest BCUT2D eigenvalue weighted by atomic mass is 16.2. The van der Waals surface area contributed by atoms with E-state index in [0.29, 0.717) is 0 Å². The average molecular weight is 145 g/mol. The van der Waals surface area contributed by atoms with E-state index in [2.05, 4.69) is 0 Å². The van der Waals surface area contributed by atoms with E-state index in [-0.39, 0.29) is 12.3 Å². The monoisotopic (exact) mass is 145 g/mol. The maximum Gasteiger partial charge on any atom is 0.251 e. The SMILES string of the molecule is N=C(N)CC(N)C(=O)NN. The van der Waals surface area contributed by atoms with Gasteiger partial charge in [0.05, 0.1) is 11.9 Å². The Bertz CT molecular complexity index is 145. The minimum absolute atomic E-state index is 0.0308. The van der Waals surface area contributed by atoms with Gasteiger partial charge in [0.25, 0.3) is 5.91 Å². The van der Waals surface area contributed by atoms with Crippen LogP contribution in [0.1, 0.15) is 6.42 Å². The van der Waals surface area contributed by atoms with E-state index < -0.39 is 11.9 Å². The Morgan fingerprint density at radius 3 is 2.50 bits per heavy atom. The average Bonchev–Trinajstić information content (AvgIpc) is 1.85. The Balaban J connectivity index is 3.72. The summed E-state index contributed by atoms with van der Waals surface area (Å²) in [5.41, 5.74) is 12.0. The van der Waals surface area contributed by atoms with Gasteiger partial charge in [0.15, 0.2) is 0 Å². The van der Waals surface area contributed by atoms with E-state index in [4.69, 9.17) is 22.7 Å². The molecule has 0 bridgehead atoms. The molecule has 0 rings (SSSR count). The predicted molar refractivity (Wildman–Crippen MR) is 36.8 cm³/mol. The molecule has 0 aliphatic rings. The highest BCUT2D eigenvalue weighted by Gasteiger charge is 2.11. The lowest BCUT2D eigenvalue weighted by atomic mass is 10.2. The number of rotatable bonds is 3. The first-order valence-corrected chi connectivity index (χ1v) is 2.67. The highest BCUT2D eigenvalue weighted by Crippen LogP contribution is 1.84. The fourth-order valence-electron chi connectivity index (χ4n) is 0.437. The van der Waals surface area contributed by atoms with Gasteiger partial charge in [-0.2, -0.15) is 0 Å². The fraction of sp³-hybridized carbons (Fsp3) is 0.500. The van der Waals surface area contributed by atoms with Crippen molar-refractivity contribution >= 4 is 11.7 Å². The van der Waals surface area contributed by atoms with Crippen LogP contribution in [0, 0.1) is 5.41 Å². The van der Waals surface area contributed by atoms with Crippen LogP contribution in [0.25, 0.3) is 0 Å². The molecule has 0 radical (unpaired) electrons. The summed E-state index contributed by atoms with van der Waals surface area (Å²) in [6.45, 7) is 0. The zero-order valence-corrected chi connectivity index (χ0v) is 5.42. The number of amides is 1. The third kappa shape index (κ3) is 3.00. The highest BCUT2D eigenvalue weighted by molar-refractivity contribution is 5.88. The minimum Gasteiger partial charge on any atom is -0.388 e. The van der Waals surface area contributed by atoms with Crippen molar-refractivity contribution < 1.29 is 4.79 Å². The number of hydrazine groups is 1. The van der Waals surface area contributed by atoms with E-state index in [1.807, 2.05) is 5.43 Å². The van der Waals surface area contributed by atoms with Crippen LogP contribution >= 0.6 is 0 Å². The van der Waals surface area contributed by atoms with Crippen LogP contribution in [0.3, 0.4) is 0 Å². The summed E-state index contributed by atoms with van der Waals surface area (Å²) >= 11 is 0. The third-order valence-electron chi connectivity index (χ3n) is 0.919. The molecule has 1 amide bonds. The predicted octanol–water partition coefficient (Wildman–Crippen LogP) is -2.37. The Labute approximate surface area is 58.2 Å². The van der Waals surface area contributed by atoms with Crippen molar-refractivity contribution in [1.29, 1.82) is 5.41 Å². The van der Waals surface area contributed by atoms with Crippen molar-refractivity contribution in [2.45, 2.75) is 12.5 Å². The van der Waals surface area contributed by atoms with Crippen molar-refractivity contribution in [2.24, 2.45) is 17.3 Å². The Hall–Kier alpha value is -1.14. The fourth-order valence-corrected chi connectivity index (χ4v) is 0.437. The molecule has 0 saturated heterocycles. The molecule has 0 aliphatic heterocycles. The van der Waals surface area contributed by atoms with Gasteiger partial charge >= 0.3 is 0 Å². The van der Waals surface area contributed by atoms with Crippen LogP contribution < -0.4 is 22.7 Å². The van der Waals surface area contributed by atoms with Crippen molar-refractivity contribution in [2.75, 3.05) is 0 Å². The van der Waals surface area contributed by atoms with Gasteiger partial charge in [0.1, 0.15) is 0 Å². The van der Waals surface area contributed by atoms with Gasteiger partial charge in [-0.3, -0.25) is 15.6 Å². The second kappa shape index (κ2) is 3.80. The molecule has 0 aliphatic carbocycles. The van der Waals surface area contributed by atoms with E-state index in [1.165, 1.54) is 0 Å². The van der Waals surface area contributed by atoms with Crippen LogP contribution in [-0.4, -0.2) is 17.8 Å². The largest absolute Gasteiger partial charge is 0.388 e. The molecule has 0 heterocycles. The van der Waals surface area contributed by atoms with Gasteiger partial charge in [0, 0.05) is 6.42 Å². The van der Waals surface area contributed by atoms with E-state index in [0.717, 1.165) is 0 Å². The first-order chi connectivity index (χ1) is 4.57. The lowest BCUT2D eigenvalue weighted by Crippen LogP contribution is -2.45. The smallest absolute Gasteiger partial charge is 0.251 e. The first-order valence-electron chi connectivity index (χ1n) is 2.67. The lowest BCUT2D eigenvalue weighted by Gasteiger charge is -2.06. The van der Waals surface area contributed by atoms with Crippen LogP contribution in [0.4, 0.5) is 0 Å². The zero-order chi connectivity index (χ0) is 8.15. The molecule has 0 aromatic carbocycles. The maximum atomic E-state index is 10.5. The van der Waals surface area contributed by atoms with Crippen molar-refractivity contribution in [3.05, 3.63) is 0 Å². The van der Waals surface area contributed by atoms with Gasteiger partial charge in [-0.15, -0.1) is 0 Å². The van der Waals surface area contributed by atoms with Gasteiger partial charge in [-0.05, 0) is 0 Å². The molecular weight excluding hydrogens is 134 g/mol. The first kappa shape index (κ1) is 8.86. The number of hydrogen-bond acceptors (Lipinski definition) is 4. The number of carbonyl (C=O) groups is 1. The Morgan fingerprint density at radius 1 is 1.70 bits per heavy atom. The molecule has 0 saturated carbocycles. The molecule has 1 atom stereocenters. The molecule has 1 unspecified atom stereocenters. The summed E-state index contributed by atoms with van der Waals surface area (Å²) in [6.07, 6.45) is 0.0308. The molecular formula is C4H11N5O. The summed E-state index contributed by atoms with van der Waals surface area (Å²) in [4.78, 5) is 10.5.